The standard InChI is InChI=1S/C12H14N2O2S2/c1-8-3-4-10(16-8)9-7-18-12(13-9)14-11(15)5-6-17-2/h3-4,7H,5-6H2,1-2H3,(H,13,14,15). The molecule has 2 aromatic rings. The third-order valence-electron chi connectivity index (χ3n) is 2.28. The number of rotatable bonds is 5. The van der Waals surface area contributed by atoms with E-state index in [0.717, 1.165) is 23.0 Å². The first-order valence-corrected chi connectivity index (χ1v) is 7.77. The van der Waals surface area contributed by atoms with Gasteiger partial charge >= 0.3 is 0 Å². The Balaban J connectivity index is 2.00. The van der Waals surface area contributed by atoms with Crippen LogP contribution < -0.4 is 5.32 Å². The number of furan rings is 1. The first-order valence-electron chi connectivity index (χ1n) is 5.50. The Labute approximate surface area is 114 Å². The molecular weight excluding hydrogens is 268 g/mol. The largest absolute Gasteiger partial charge is 0.460 e. The van der Waals surface area contributed by atoms with Crippen LogP contribution in [-0.2, 0) is 4.79 Å². The number of carbonyl (C=O) groups is 1. The molecule has 2 aromatic heterocycles. The number of nitrogens with one attached hydrogen (secondary N) is 1. The highest BCUT2D eigenvalue weighted by atomic mass is 32.2. The predicted molar refractivity (Wildman–Crippen MR) is 76.2 cm³/mol. The number of anilines is 1. The summed E-state index contributed by atoms with van der Waals surface area (Å²) < 4.78 is 5.48. The molecule has 1 amide bonds. The number of hydrogen-bond acceptors (Lipinski definition) is 5. The van der Waals surface area contributed by atoms with Crippen molar-refractivity contribution < 1.29 is 9.21 Å². The molecule has 0 radical (unpaired) electrons. The Morgan fingerprint density at radius 1 is 1.56 bits per heavy atom. The molecule has 0 unspecified atom stereocenters. The second-order valence-corrected chi connectivity index (χ2v) is 5.58. The maximum absolute atomic E-state index is 11.5. The number of nitrogens with zero attached hydrogens (tertiary/aromatic N) is 1. The zero-order chi connectivity index (χ0) is 13.0. The normalized spacial score (nSPS) is 10.6. The van der Waals surface area contributed by atoms with Crippen molar-refractivity contribution in [1.82, 2.24) is 4.98 Å². The summed E-state index contributed by atoms with van der Waals surface area (Å²) in [5.41, 5.74) is 0.758. The molecule has 96 valence electrons. The zero-order valence-electron chi connectivity index (χ0n) is 10.2. The van der Waals surface area contributed by atoms with E-state index in [2.05, 4.69) is 10.3 Å². The smallest absolute Gasteiger partial charge is 0.226 e. The molecule has 4 nitrogen and oxygen atoms in total. The van der Waals surface area contributed by atoms with Gasteiger partial charge in [-0.3, -0.25) is 4.79 Å². The van der Waals surface area contributed by atoms with Crippen molar-refractivity contribution in [2.45, 2.75) is 13.3 Å². The number of amides is 1. The third-order valence-corrected chi connectivity index (χ3v) is 3.65. The summed E-state index contributed by atoms with van der Waals surface area (Å²) >= 11 is 3.06. The second kappa shape index (κ2) is 6.06. The molecule has 0 aliphatic heterocycles. The van der Waals surface area contributed by atoms with Gasteiger partial charge in [-0.25, -0.2) is 4.98 Å². The van der Waals surface area contributed by atoms with Gasteiger partial charge in [0.1, 0.15) is 11.5 Å². The van der Waals surface area contributed by atoms with Crippen molar-refractivity contribution in [1.29, 1.82) is 0 Å². The van der Waals surface area contributed by atoms with Crippen LogP contribution in [0.1, 0.15) is 12.2 Å². The van der Waals surface area contributed by atoms with Crippen molar-refractivity contribution in [2.75, 3.05) is 17.3 Å². The first-order chi connectivity index (χ1) is 8.69. The summed E-state index contributed by atoms with van der Waals surface area (Å²) in [6.45, 7) is 1.89. The van der Waals surface area contributed by atoms with E-state index in [1.165, 1.54) is 11.3 Å². The van der Waals surface area contributed by atoms with E-state index in [4.69, 9.17) is 4.42 Å². The molecule has 18 heavy (non-hydrogen) atoms. The van der Waals surface area contributed by atoms with E-state index >= 15 is 0 Å². The lowest BCUT2D eigenvalue weighted by Gasteiger charge is -1.99. The number of aromatic nitrogens is 1. The second-order valence-electron chi connectivity index (χ2n) is 3.74. The number of aryl methyl sites for hydroxylation is 1. The van der Waals surface area contributed by atoms with Crippen LogP contribution in [0, 0.1) is 6.92 Å². The van der Waals surface area contributed by atoms with E-state index in [9.17, 15) is 4.79 Å². The number of hydrogen-bond donors (Lipinski definition) is 1. The molecule has 0 bridgehead atoms. The Bertz CT molecular complexity index is 534. The van der Waals surface area contributed by atoms with Crippen molar-refractivity contribution in [3.63, 3.8) is 0 Å². The summed E-state index contributed by atoms with van der Waals surface area (Å²) in [5, 5.41) is 5.28. The summed E-state index contributed by atoms with van der Waals surface area (Å²) in [6, 6.07) is 3.77. The van der Waals surface area contributed by atoms with Gasteiger partial charge in [-0.05, 0) is 25.3 Å². The lowest BCUT2D eigenvalue weighted by molar-refractivity contribution is -0.115. The summed E-state index contributed by atoms with van der Waals surface area (Å²) in [5.74, 6) is 2.40. The van der Waals surface area contributed by atoms with Gasteiger partial charge < -0.3 is 9.73 Å². The van der Waals surface area contributed by atoms with Crippen LogP contribution in [0.2, 0.25) is 0 Å². The molecule has 0 spiro atoms. The van der Waals surface area contributed by atoms with Crippen molar-refractivity contribution in [3.8, 4) is 11.5 Å². The lowest BCUT2D eigenvalue weighted by atomic mass is 10.4. The van der Waals surface area contributed by atoms with E-state index in [1.54, 1.807) is 11.8 Å². The van der Waals surface area contributed by atoms with Crippen molar-refractivity contribution >= 4 is 34.1 Å². The number of thioether (sulfide) groups is 1. The topological polar surface area (TPSA) is 55.1 Å². The predicted octanol–water partition coefficient (Wildman–Crippen LogP) is 3.40. The minimum atomic E-state index is 0.000811. The van der Waals surface area contributed by atoms with Crippen molar-refractivity contribution in [3.05, 3.63) is 23.3 Å². The fraction of sp³-hybridized carbons (Fsp3) is 0.333. The summed E-state index contributed by atoms with van der Waals surface area (Å²) in [4.78, 5) is 15.9. The summed E-state index contributed by atoms with van der Waals surface area (Å²) in [6.07, 6.45) is 2.49. The van der Waals surface area contributed by atoms with Gasteiger partial charge in [0.2, 0.25) is 5.91 Å². The van der Waals surface area contributed by atoms with Crippen LogP contribution in [0.4, 0.5) is 5.13 Å². The summed E-state index contributed by atoms with van der Waals surface area (Å²) in [7, 11) is 0. The van der Waals surface area contributed by atoms with Crippen LogP contribution in [-0.4, -0.2) is 22.9 Å². The van der Waals surface area contributed by atoms with Gasteiger partial charge in [0.05, 0.1) is 0 Å². The number of carbonyl (C=O) groups excluding carboxylic acids is 1. The van der Waals surface area contributed by atoms with E-state index in [1.807, 2.05) is 30.7 Å². The van der Waals surface area contributed by atoms with E-state index < -0.39 is 0 Å². The lowest BCUT2D eigenvalue weighted by Crippen LogP contribution is -2.11. The third kappa shape index (κ3) is 3.36. The molecule has 0 atom stereocenters. The van der Waals surface area contributed by atoms with Crippen LogP contribution in [0.15, 0.2) is 21.9 Å². The fourth-order valence-electron chi connectivity index (χ4n) is 1.39. The van der Waals surface area contributed by atoms with Crippen LogP contribution in [0.25, 0.3) is 11.5 Å². The van der Waals surface area contributed by atoms with Gasteiger partial charge in [-0.1, -0.05) is 0 Å². The Morgan fingerprint density at radius 3 is 3.06 bits per heavy atom. The minimum absolute atomic E-state index is 0.000811. The maximum atomic E-state index is 11.5. The fourth-order valence-corrected chi connectivity index (χ4v) is 2.50. The van der Waals surface area contributed by atoms with E-state index in [0.29, 0.717) is 11.6 Å². The van der Waals surface area contributed by atoms with Gasteiger partial charge in [-0.2, -0.15) is 11.8 Å². The maximum Gasteiger partial charge on any atom is 0.226 e. The van der Waals surface area contributed by atoms with Gasteiger partial charge in [0.25, 0.3) is 0 Å². The molecule has 2 rings (SSSR count). The van der Waals surface area contributed by atoms with E-state index in [-0.39, 0.29) is 5.91 Å². The highest BCUT2D eigenvalue weighted by Gasteiger charge is 2.09. The molecule has 0 aliphatic carbocycles. The average molecular weight is 282 g/mol. The first kappa shape index (κ1) is 13.2. The Hall–Kier alpha value is -1.27. The highest BCUT2D eigenvalue weighted by molar-refractivity contribution is 7.98. The molecule has 0 aromatic carbocycles. The molecular formula is C12H14N2O2S2. The van der Waals surface area contributed by atoms with Gasteiger partial charge in [0, 0.05) is 17.6 Å². The molecule has 0 saturated carbocycles. The average Bonchev–Trinajstić information content (AvgIpc) is 2.95. The van der Waals surface area contributed by atoms with Gasteiger partial charge in [-0.15, -0.1) is 11.3 Å². The highest BCUT2D eigenvalue weighted by Crippen LogP contribution is 2.26. The molecule has 6 heteroatoms. The quantitative estimate of drug-likeness (QED) is 0.913. The molecule has 0 aliphatic rings. The monoisotopic (exact) mass is 282 g/mol. The zero-order valence-corrected chi connectivity index (χ0v) is 11.9. The van der Waals surface area contributed by atoms with Crippen LogP contribution >= 0.6 is 23.1 Å². The van der Waals surface area contributed by atoms with Gasteiger partial charge in [0.15, 0.2) is 10.9 Å². The van der Waals surface area contributed by atoms with Crippen LogP contribution in [0.5, 0.6) is 0 Å². The Kier molecular flexibility index (Phi) is 4.43. The molecule has 0 saturated heterocycles. The van der Waals surface area contributed by atoms with Crippen molar-refractivity contribution in [2.24, 2.45) is 0 Å². The molecule has 0 fully saturated rings. The molecule has 1 N–H and O–H groups in total. The molecule has 2 heterocycles. The Morgan fingerprint density at radius 2 is 2.39 bits per heavy atom. The van der Waals surface area contributed by atoms with Crippen LogP contribution in [0.3, 0.4) is 0 Å². The number of thiazole rings is 1. The minimum Gasteiger partial charge on any atom is -0.460 e. The SMILES string of the molecule is CSCCC(=O)Nc1nc(-c2ccc(C)o2)cs1.